The Bertz CT molecular complexity index is 397. The summed E-state index contributed by atoms with van der Waals surface area (Å²) in [6.07, 6.45) is 5.62. The Hall–Kier alpha value is -1.09. The number of carbonyl (C=O) groups is 1. The number of amides is 1. The second-order valence-corrected chi connectivity index (χ2v) is 4.83. The summed E-state index contributed by atoms with van der Waals surface area (Å²) >= 11 is 3.41. The van der Waals surface area contributed by atoms with E-state index in [0.717, 1.165) is 30.4 Å². The Labute approximate surface area is 104 Å². The van der Waals surface area contributed by atoms with Crippen molar-refractivity contribution in [3.63, 3.8) is 0 Å². The van der Waals surface area contributed by atoms with Gasteiger partial charge in [-0.25, -0.2) is 0 Å². The molecule has 1 heterocycles. The topological polar surface area (TPSA) is 20.3 Å². The van der Waals surface area contributed by atoms with Crippen molar-refractivity contribution in [2.45, 2.75) is 12.8 Å². The minimum Gasteiger partial charge on any atom is -0.335 e. The molecule has 3 heteroatoms. The molecule has 2 rings (SSSR count). The largest absolute Gasteiger partial charge is 0.335 e. The molecule has 0 saturated heterocycles. The Kier molecular flexibility index (Phi) is 3.78. The van der Waals surface area contributed by atoms with Crippen molar-refractivity contribution in [1.29, 1.82) is 0 Å². The number of nitrogens with zero attached hydrogens (tertiary/aromatic N) is 1. The van der Waals surface area contributed by atoms with E-state index in [-0.39, 0.29) is 5.91 Å². The van der Waals surface area contributed by atoms with Gasteiger partial charge in [0.05, 0.1) is 0 Å². The summed E-state index contributed by atoms with van der Waals surface area (Å²) in [5.41, 5.74) is 1.32. The fourth-order valence-electron chi connectivity index (χ4n) is 1.80. The molecule has 0 spiro atoms. The molecule has 1 aliphatic rings. The highest BCUT2D eigenvalue weighted by atomic mass is 79.9. The van der Waals surface area contributed by atoms with Gasteiger partial charge in [-0.3, -0.25) is 4.79 Å². The van der Waals surface area contributed by atoms with Crippen molar-refractivity contribution in [2.75, 3.05) is 13.1 Å². The van der Waals surface area contributed by atoms with Gasteiger partial charge in [-0.15, -0.1) is 0 Å². The average molecular weight is 280 g/mol. The predicted molar refractivity (Wildman–Crippen MR) is 68.2 cm³/mol. The third-order valence-electron chi connectivity index (χ3n) is 2.70. The minimum atomic E-state index is 0.149. The SMILES string of the molecule is O=C1C=CCN1CCCc1ccc(Br)cc1. The second kappa shape index (κ2) is 5.30. The van der Waals surface area contributed by atoms with Gasteiger partial charge in [-0.05, 0) is 30.5 Å². The van der Waals surface area contributed by atoms with Crippen LogP contribution in [0.3, 0.4) is 0 Å². The maximum absolute atomic E-state index is 11.3. The molecule has 0 unspecified atom stereocenters. The fourth-order valence-corrected chi connectivity index (χ4v) is 2.07. The van der Waals surface area contributed by atoms with Gasteiger partial charge in [0, 0.05) is 23.6 Å². The summed E-state index contributed by atoms with van der Waals surface area (Å²) in [5.74, 6) is 0.149. The zero-order chi connectivity index (χ0) is 11.4. The van der Waals surface area contributed by atoms with Gasteiger partial charge in [0.15, 0.2) is 0 Å². The molecule has 0 aliphatic carbocycles. The van der Waals surface area contributed by atoms with Crippen molar-refractivity contribution >= 4 is 21.8 Å². The van der Waals surface area contributed by atoms with E-state index < -0.39 is 0 Å². The monoisotopic (exact) mass is 279 g/mol. The molecule has 2 nitrogen and oxygen atoms in total. The lowest BCUT2D eigenvalue weighted by Gasteiger charge is -2.14. The molecular formula is C13H14BrNO. The van der Waals surface area contributed by atoms with Crippen LogP contribution in [0.2, 0.25) is 0 Å². The minimum absolute atomic E-state index is 0.149. The highest BCUT2D eigenvalue weighted by Gasteiger charge is 2.13. The average Bonchev–Trinajstić information content (AvgIpc) is 2.68. The summed E-state index contributed by atoms with van der Waals surface area (Å²) < 4.78 is 1.11. The molecule has 0 aromatic heterocycles. The second-order valence-electron chi connectivity index (χ2n) is 3.92. The molecule has 16 heavy (non-hydrogen) atoms. The molecule has 0 radical (unpaired) electrons. The zero-order valence-corrected chi connectivity index (χ0v) is 10.6. The van der Waals surface area contributed by atoms with Gasteiger partial charge in [0.1, 0.15) is 0 Å². The van der Waals surface area contributed by atoms with Crippen LogP contribution in [0.1, 0.15) is 12.0 Å². The van der Waals surface area contributed by atoms with Crippen LogP contribution in [0.15, 0.2) is 40.9 Å². The van der Waals surface area contributed by atoms with E-state index in [9.17, 15) is 4.79 Å². The normalized spacial score (nSPS) is 14.8. The number of hydrogen-bond donors (Lipinski definition) is 0. The zero-order valence-electron chi connectivity index (χ0n) is 9.03. The van der Waals surface area contributed by atoms with Crippen LogP contribution in [0.25, 0.3) is 0 Å². The van der Waals surface area contributed by atoms with E-state index in [1.54, 1.807) is 6.08 Å². The van der Waals surface area contributed by atoms with Crippen LogP contribution in [0.4, 0.5) is 0 Å². The number of carbonyl (C=O) groups excluding carboxylic acids is 1. The van der Waals surface area contributed by atoms with Gasteiger partial charge in [0.25, 0.3) is 0 Å². The van der Waals surface area contributed by atoms with Gasteiger partial charge < -0.3 is 4.90 Å². The molecule has 0 atom stereocenters. The van der Waals surface area contributed by atoms with Crippen molar-refractivity contribution in [2.24, 2.45) is 0 Å². The lowest BCUT2D eigenvalue weighted by molar-refractivity contribution is -0.124. The predicted octanol–water partition coefficient (Wildman–Crippen LogP) is 2.78. The fraction of sp³-hybridized carbons (Fsp3) is 0.308. The lowest BCUT2D eigenvalue weighted by atomic mass is 10.1. The molecule has 84 valence electrons. The molecule has 0 fully saturated rings. The highest BCUT2D eigenvalue weighted by molar-refractivity contribution is 9.10. The van der Waals surface area contributed by atoms with E-state index >= 15 is 0 Å². The first kappa shape index (κ1) is 11.4. The maximum Gasteiger partial charge on any atom is 0.246 e. The maximum atomic E-state index is 11.3. The van der Waals surface area contributed by atoms with Crippen LogP contribution < -0.4 is 0 Å². The van der Waals surface area contributed by atoms with Gasteiger partial charge in [0.2, 0.25) is 5.91 Å². The van der Waals surface area contributed by atoms with E-state index in [1.165, 1.54) is 5.56 Å². The molecule has 0 saturated carbocycles. The van der Waals surface area contributed by atoms with Gasteiger partial charge >= 0.3 is 0 Å². The first-order chi connectivity index (χ1) is 7.75. The number of rotatable bonds is 4. The molecule has 1 aliphatic heterocycles. The van der Waals surface area contributed by atoms with Crippen molar-refractivity contribution < 1.29 is 4.79 Å². The molecule has 0 bridgehead atoms. The Morgan fingerprint density at radius 2 is 2.00 bits per heavy atom. The van der Waals surface area contributed by atoms with Crippen LogP contribution in [0.5, 0.6) is 0 Å². The lowest BCUT2D eigenvalue weighted by Crippen LogP contribution is -2.26. The highest BCUT2D eigenvalue weighted by Crippen LogP contribution is 2.12. The molecule has 0 N–H and O–H groups in total. The summed E-state index contributed by atoms with van der Waals surface area (Å²) in [5, 5.41) is 0. The van der Waals surface area contributed by atoms with Crippen molar-refractivity contribution in [3.8, 4) is 0 Å². The number of halogens is 1. The van der Waals surface area contributed by atoms with Crippen LogP contribution in [-0.4, -0.2) is 23.9 Å². The Morgan fingerprint density at radius 3 is 2.62 bits per heavy atom. The molecule has 1 aromatic rings. The summed E-state index contributed by atoms with van der Waals surface area (Å²) in [6, 6.07) is 8.35. The number of aryl methyl sites for hydroxylation is 1. The smallest absolute Gasteiger partial charge is 0.246 e. The molecule has 1 aromatic carbocycles. The van der Waals surface area contributed by atoms with Crippen LogP contribution in [-0.2, 0) is 11.2 Å². The van der Waals surface area contributed by atoms with E-state index in [4.69, 9.17) is 0 Å². The third kappa shape index (κ3) is 2.95. The van der Waals surface area contributed by atoms with Gasteiger partial charge in [-0.2, -0.15) is 0 Å². The third-order valence-corrected chi connectivity index (χ3v) is 3.23. The van der Waals surface area contributed by atoms with Crippen LogP contribution in [0, 0.1) is 0 Å². The van der Waals surface area contributed by atoms with E-state index in [2.05, 4.69) is 40.2 Å². The Morgan fingerprint density at radius 1 is 1.25 bits per heavy atom. The molecular weight excluding hydrogens is 266 g/mol. The Balaban J connectivity index is 1.76. The molecule has 1 amide bonds. The quantitative estimate of drug-likeness (QED) is 0.830. The number of hydrogen-bond acceptors (Lipinski definition) is 1. The first-order valence-corrected chi connectivity index (χ1v) is 6.25. The summed E-state index contributed by atoms with van der Waals surface area (Å²) in [7, 11) is 0. The number of benzene rings is 1. The first-order valence-electron chi connectivity index (χ1n) is 5.45. The van der Waals surface area contributed by atoms with Crippen molar-refractivity contribution in [1.82, 2.24) is 4.90 Å². The van der Waals surface area contributed by atoms with E-state index in [1.807, 2.05) is 11.0 Å². The summed E-state index contributed by atoms with van der Waals surface area (Å²) in [4.78, 5) is 13.2. The summed E-state index contributed by atoms with van der Waals surface area (Å²) in [6.45, 7) is 1.63. The standard InChI is InChI=1S/C13H14BrNO/c14-12-7-5-11(6-8-12)3-1-9-15-10-2-4-13(15)16/h2,4-8H,1,3,9-10H2. The van der Waals surface area contributed by atoms with Crippen LogP contribution >= 0.6 is 15.9 Å². The van der Waals surface area contributed by atoms with Crippen molar-refractivity contribution in [3.05, 3.63) is 46.5 Å². The van der Waals surface area contributed by atoms with Gasteiger partial charge in [-0.1, -0.05) is 34.1 Å². The van der Waals surface area contributed by atoms with E-state index in [0.29, 0.717) is 0 Å².